The van der Waals surface area contributed by atoms with E-state index in [1.54, 1.807) is 24.4 Å². The number of hydrogen-bond acceptors (Lipinski definition) is 3. The van der Waals surface area contributed by atoms with Crippen LogP contribution >= 0.6 is 27.5 Å². The molecule has 2 heterocycles. The maximum Gasteiger partial charge on any atom is 0.254 e. The molecule has 0 spiro atoms. The van der Waals surface area contributed by atoms with Crippen LogP contribution in [-0.4, -0.2) is 42.0 Å². The van der Waals surface area contributed by atoms with Gasteiger partial charge >= 0.3 is 0 Å². The van der Waals surface area contributed by atoms with E-state index in [1.807, 2.05) is 23.1 Å². The molecule has 0 radical (unpaired) electrons. The van der Waals surface area contributed by atoms with Gasteiger partial charge in [0.2, 0.25) is 0 Å². The number of anilines is 1. The van der Waals surface area contributed by atoms with Crippen LogP contribution in [0, 0.1) is 0 Å². The number of hydrogen-bond donors (Lipinski definition) is 0. The molecule has 4 nitrogen and oxygen atoms in total. The number of carbonyl (C=O) groups is 1. The summed E-state index contributed by atoms with van der Waals surface area (Å²) in [7, 11) is 0. The molecule has 0 aliphatic carbocycles. The smallest absolute Gasteiger partial charge is 0.254 e. The van der Waals surface area contributed by atoms with E-state index in [1.165, 1.54) is 0 Å². The minimum Gasteiger partial charge on any atom is -0.353 e. The average molecular weight is 381 g/mol. The first-order valence-corrected chi connectivity index (χ1v) is 8.22. The van der Waals surface area contributed by atoms with Crippen LogP contribution < -0.4 is 4.90 Å². The summed E-state index contributed by atoms with van der Waals surface area (Å²) in [6.07, 6.45) is 1.79. The van der Waals surface area contributed by atoms with Crippen molar-refractivity contribution >= 4 is 39.3 Å². The Bertz CT molecular complexity index is 652. The lowest BCUT2D eigenvalue weighted by Crippen LogP contribution is -2.49. The van der Waals surface area contributed by atoms with Crippen molar-refractivity contribution in [2.75, 3.05) is 31.1 Å². The second kappa shape index (κ2) is 6.67. The van der Waals surface area contributed by atoms with Gasteiger partial charge in [0.05, 0.1) is 0 Å². The molecular weight excluding hydrogens is 366 g/mol. The summed E-state index contributed by atoms with van der Waals surface area (Å²) >= 11 is 9.39. The highest BCUT2D eigenvalue weighted by Gasteiger charge is 2.23. The second-order valence-corrected chi connectivity index (χ2v) is 6.48. The molecule has 114 valence electrons. The Balaban J connectivity index is 1.67. The number of nitrogens with zero attached hydrogens (tertiary/aromatic N) is 3. The van der Waals surface area contributed by atoms with Gasteiger partial charge in [-0.3, -0.25) is 4.79 Å². The summed E-state index contributed by atoms with van der Waals surface area (Å²) in [5.74, 6) is 0.976. The molecule has 22 heavy (non-hydrogen) atoms. The van der Waals surface area contributed by atoms with Crippen LogP contribution in [0.15, 0.2) is 47.1 Å². The topological polar surface area (TPSA) is 36.4 Å². The molecule has 1 aliphatic heterocycles. The molecule has 1 aliphatic rings. The molecular formula is C16H15BrClN3O. The van der Waals surface area contributed by atoms with Gasteiger partial charge in [-0.25, -0.2) is 4.98 Å². The number of benzene rings is 1. The van der Waals surface area contributed by atoms with Crippen molar-refractivity contribution < 1.29 is 4.79 Å². The van der Waals surface area contributed by atoms with E-state index in [9.17, 15) is 4.79 Å². The standard InChI is InChI=1S/C16H15BrClN3O/c17-13-9-12(10-14(18)11-13)16(22)21-7-5-20(6-8-21)15-3-1-2-4-19-15/h1-4,9-11H,5-8H2. The summed E-state index contributed by atoms with van der Waals surface area (Å²) in [5, 5.41) is 0.560. The summed E-state index contributed by atoms with van der Waals surface area (Å²) in [5.41, 5.74) is 0.616. The molecule has 1 fully saturated rings. The van der Waals surface area contributed by atoms with Crippen molar-refractivity contribution in [2.45, 2.75) is 0 Å². The number of amides is 1. The van der Waals surface area contributed by atoms with Crippen molar-refractivity contribution in [3.8, 4) is 0 Å². The van der Waals surface area contributed by atoms with E-state index in [4.69, 9.17) is 11.6 Å². The number of aromatic nitrogens is 1. The SMILES string of the molecule is O=C(c1cc(Cl)cc(Br)c1)N1CCN(c2ccccn2)CC1. The molecule has 1 aromatic carbocycles. The van der Waals surface area contributed by atoms with E-state index < -0.39 is 0 Å². The van der Waals surface area contributed by atoms with E-state index in [-0.39, 0.29) is 5.91 Å². The fourth-order valence-electron chi connectivity index (χ4n) is 2.54. The lowest BCUT2D eigenvalue weighted by Gasteiger charge is -2.35. The fourth-order valence-corrected chi connectivity index (χ4v) is 3.40. The maximum absolute atomic E-state index is 12.6. The van der Waals surface area contributed by atoms with Crippen molar-refractivity contribution in [2.24, 2.45) is 0 Å². The Morgan fingerprint density at radius 2 is 1.91 bits per heavy atom. The highest BCUT2D eigenvalue weighted by molar-refractivity contribution is 9.10. The molecule has 0 saturated carbocycles. The third kappa shape index (κ3) is 3.42. The van der Waals surface area contributed by atoms with Crippen LogP contribution in [0.5, 0.6) is 0 Å². The number of halogens is 2. The summed E-state index contributed by atoms with van der Waals surface area (Å²) in [6, 6.07) is 11.2. The highest BCUT2D eigenvalue weighted by atomic mass is 79.9. The molecule has 0 unspecified atom stereocenters. The first kappa shape index (κ1) is 15.3. The van der Waals surface area contributed by atoms with Crippen molar-refractivity contribution in [3.63, 3.8) is 0 Å². The predicted molar refractivity (Wildman–Crippen MR) is 91.5 cm³/mol. The Labute approximate surface area is 142 Å². The largest absolute Gasteiger partial charge is 0.353 e. The van der Waals surface area contributed by atoms with Gasteiger partial charge in [-0.15, -0.1) is 0 Å². The number of piperazine rings is 1. The Morgan fingerprint density at radius 3 is 2.55 bits per heavy atom. The third-order valence-corrected chi connectivity index (χ3v) is 4.33. The third-order valence-electron chi connectivity index (χ3n) is 3.65. The average Bonchev–Trinajstić information content (AvgIpc) is 2.54. The second-order valence-electron chi connectivity index (χ2n) is 5.13. The number of pyridine rings is 1. The van der Waals surface area contributed by atoms with Gasteiger partial charge < -0.3 is 9.80 Å². The Morgan fingerprint density at radius 1 is 1.14 bits per heavy atom. The van der Waals surface area contributed by atoms with Crippen LogP contribution in [0.25, 0.3) is 0 Å². The van der Waals surface area contributed by atoms with E-state index in [0.29, 0.717) is 23.7 Å². The molecule has 6 heteroatoms. The summed E-state index contributed by atoms with van der Waals surface area (Å²) in [6.45, 7) is 2.92. The number of carbonyl (C=O) groups excluding carboxylic acids is 1. The van der Waals surface area contributed by atoms with Gasteiger partial charge in [-0.2, -0.15) is 0 Å². The monoisotopic (exact) mass is 379 g/mol. The van der Waals surface area contributed by atoms with Gasteiger partial charge in [0.15, 0.2) is 0 Å². The zero-order valence-electron chi connectivity index (χ0n) is 11.9. The molecule has 0 bridgehead atoms. The molecule has 0 N–H and O–H groups in total. The first-order valence-electron chi connectivity index (χ1n) is 7.05. The summed E-state index contributed by atoms with van der Waals surface area (Å²) < 4.78 is 0.815. The Kier molecular flexibility index (Phi) is 4.64. The molecule has 1 saturated heterocycles. The lowest BCUT2D eigenvalue weighted by atomic mass is 10.2. The molecule has 2 aromatic rings. The zero-order chi connectivity index (χ0) is 15.5. The van der Waals surface area contributed by atoms with Crippen LogP contribution in [-0.2, 0) is 0 Å². The van der Waals surface area contributed by atoms with Gasteiger partial charge in [-0.05, 0) is 30.3 Å². The predicted octanol–water partition coefficient (Wildman–Crippen LogP) is 3.46. The highest BCUT2D eigenvalue weighted by Crippen LogP contribution is 2.21. The van der Waals surface area contributed by atoms with Gasteiger partial charge in [-0.1, -0.05) is 33.6 Å². The minimum atomic E-state index is 0.0175. The quantitative estimate of drug-likeness (QED) is 0.800. The van der Waals surface area contributed by atoms with E-state index in [0.717, 1.165) is 23.4 Å². The van der Waals surface area contributed by atoms with Gasteiger partial charge in [0.1, 0.15) is 5.82 Å². The molecule has 0 atom stereocenters. The molecule has 1 amide bonds. The minimum absolute atomic E-state index is 0.0175. The van der Waals surface area contributed by atoms with Gasteiger partial charge in [0.25, 0.3) is 5.91 Å². The van der Waals surface area contributed by atoms with E-state index in [2.05, 4.69) is 25.8 Å². The van der Waals surface area contributed by atoms with Crippen LogP contribution in [0.1, 0.15) is 10.4 Å². The lowest BCUT2D eigenvalue weighted by molar-refractivity contribution is 0.0746. The number of rotatable bonds is 2. The van der Waals surface area contributed by atoms with Crippen molar-refractivity contribution in [1.82, 2.24) is 9.88 Å². The molecule has 1 aromatic heterocycles. The van der Waals surface area contributed by atoms with Gasteiger partial charge in [0, 0.05) is 47.4 Å². The fraction of sp³-hybridized carbons (Fsp3) is 0.250. The van der Waals surface area contributed by atoms with Crippen molar-refractivity contribution in [3.05, 3.63) is 57.7 Å². The first-order chi connectivity index (χ1) is 10.6. The summed E-state index contributed by atoms with van der Waals surface area (Å²) in [4.78, 5) is 21.0. The normalized spacial score (nSPS) is 15.0. The van der Waals surface area contributed by atoms with Crippen LogP contribution in [0.3, 0.4) is 0 Å². The van der Waals surface area contributed by atoms with Crippen LogP contribution in [0.4, 0.5) is 5.82 Å². The maximum atomic E-state index is 12.6. The van der Waals surface area contributed by atoms with Crippen LogP contribution in [0.2, 0.25) is 5.02 Å². The van der Waals surface area contributed by atoms with Crippen molar-refractivity contribution in [1.29, 1.82) is 0 Å². The molecule has 3 rings (SSSR count). The Hall–Kier alpha value is -1.59. The van der Waals surface area contributed by atoms with E-state index >= 15 is 0 Å². The zero-order valence-corrected chi connectivity index (χ0v) is 14.2.